The van der Waals surface area contributed by atoms with Gasteiger partial charge in [-0.25, -0.2) is 0 Å². The second-order valence-corrected chi connectivity index (χ2v) is 2.09. The van der Waals surface area contributed by atoms with Crippen LogP contribution < -0.4 is 0 Å². The third kappa shape index (κ3) is 4.57. The van der Waals surface area contributed by atoms with Gasteiger partial charge in [0, 0.05) is 19.7 Å². The lowest BCUT2D eigenvalue weighted by Gasteiger charge is -1.88. The van der Waals surface area contributed by atoms with Gasteiger partial charge in [0.15, 0.2) is 5.78 Å². The number of hydrogen-bond donors (Lipinski definition) is 1. The van der Waals surface area contributed by atoms with E-state index in [-0.39, 0.29) is 12.4 Å². The molecule has 3 nitrogen and oxygen atoms in total. The van der Waals surface area contributed by atoms with Gasteiger partial charge in [-0.05, 0) is 19.1 Å². The predicted molar refractivity (Wildman–Crippen MR) is 47.0 cm³/mol. The third-order valence-electron chi connectivity index (χ3n) is 1.03. The van der Waals surface area contributed by atoms with E-state index < -0.39 is 0 Å². The average Bonchev–Trinajstić information content (AvgIpc) is 2.07. The first-order valence-corrected chi connectivity index (χ1v) is 3.75. The summed E-state index contributed by atoms with van der Waals surface area (Å²) < 4.78 is 0. The van der Waals surface area contributed by atoms with Crippen LogP contribution in [-0.2, 0) is 0 Å². The van der Waals surface area contributed by atoms with Crippen LogP contribution in [0.1, 0.15) is 24.3 Å². The number of carbonyl (C=O) groups excluding carboxylic acids is 1. The van der Waals surface area contributed by atoms with Crippen LogP contribution in [0.3, 0.4) is 0 Å². The minimum atomic E-state index is 0.00981. The monoisotopic (exact) mass is 167 g/mol. The maximum atomic E-state index is 10.6. The first-order valence-electron chi connectivity index (χ1n) is 3.75. The van der Waals surface area contributed by atoms with Gasteiger partial charge >= 0.3 is 0 Å². The number of pyridine rings is 1. The van der Waals surface area contributed by atoms with E-state index in [1.165, 1.54) is 6.92 Å². The van der Waals surface area contributed by atoms with Gasteiger partial charge in [-0.3, -0.25) is 9.78 Å². The maximum Gasteiger partial charge on any atom is 0.178 e. The summed E-state index contributed by atoms with van der Waals surface area (Å²) in [6.07, 6.45) is 1.61. The van der Waals surface area contributed by atoms with Crippen LogP contribution in [0, 0.1) is 0 Å². The zero-order valence-electron chi connectivity index (χ0n) is 7.32. The maximum absolute atomic E-state index is 10.6. The topological polar surface area (TPSA) is 50.2 Å². The van der Waals surface area contributed by atoms with Crippen LogP contribution in [0.5, 0.6) is 0 Å². The summed E-state index contributed by atoms with van der Waals surface area (Å²) in [4.78, 5) is 14.4. The van der Waals surface area contributed by atoms with Gasteiger partial charge in [0.2, 0.25) is 0 Å². The molecule has 0 aliphatic carbocycles. The molecule has 1 rings (SSSR count). The zero-order valence-corrected chi connectivity index (χ0v) is 7.32. The van der Waals surface area contributed by atoms with Crippen LogP contribution in [0.2, 0.25) is 0 Å². The summed E-state index contributed by atoms with van der Waals surface area (Å²) in [5.74, 6) is 0.00981. The number of ketones is 1. The summed E-state index contributed by atoms with van der Waals surface area (Å²) in [6.45, 7) is 3.43. The van der Waals surface area contributed by atoms with Gasteiger partial charge < -0.3 is 5.11 Å². The smallest absolute Gasteiger partial charge is 0.178 e. The molecule has 0 spiro atoms. The van der Waals surface area contributed by atoms with Crippen molar-refractivity contribution in [2.75, 3.05) is 6.61 Å². The Morgan fingerprint density at radius 2 is 2.17 bits per heavy atom. The molecule has 3 heteroatoms. The van der Waals surface area contributed by atoms with Gasteiger partial charge in [-0.15, -0.1) is 0 Å². The van der Waals surface area contributed by atoms with E-state index in [9.17, 15) is 4.79 Å². The van der Waals surface area contributed by atoms with Crippen LogP contribution in [0.25, 0.3) is 0 Å². The van der Waals surface area contributed by atoms with E-state index in [4.69, 9.17) is 5.11 Å². The first-order chi connectivity index (χ1) is 5.72. The van der Waals surface area contributed by atoms with Gasteiger partial charge in [0.25, 0.3) is 0 Å². The highest BCUT2D eigenvalue weighted by Gasteiger charge is 1.94. The van der Waals surface area contributed by atoms with Crippen molar-refractivity contribution in [3.63, 3.8) is 0 Å². The number of carbonyl (C=O) groups is 1. The van der Waals surface area contributed by atoms with E-state index in [2.05, 4.69) is 4.98 Å². The van der Waals surface area contributed by atoms with E-state index in [1.54, 1.807) is 31.3 Å². The normalized spacial score (nSPS) is 8.25. The van der Waals surface area contributed by atoms with Crippen molar-refractivity contribution < 1.29 is 9.90 Å². The molecule has 1 N–H and O–H groups in total. The molecule has 0 amide bonds. The molecule has 0 radical (unpaired) electrons. The molecule has 1 aromatic rings. The molecule has 12 heavy (non-hydrogen) atoms. The predicted octanol–water partition coefficient (Wildman–Crippen LogP) is 1.28. The molecule has 0 aromatic carbocycles. The highest BCUT2D eigenvalue weighted by atomic mass is 16.2. The molecule has 0 saturated carbocycles. The Bertz CT molecular complexity index is 221. The summed E-state index contributed by atoms with van der Waals surface area (Å²) in [5.41, 5.74) is 0.525. The van der Waals surface area contributed by atoms with Gasteiger partial charge in [0.1, 0.15) is 5.69 Å². The average molecular weight is 167 g/mol. The van der Waals surface area contributed by atoms with Crippen molar-refractivity contribution >= 4 is 5.78 Å². The quantitative estimate of drug-likeness (QED) is 0.641. The fourth-order valence-corrected chi connectivity index (χ4v) is 0.571. The Labute approximate surface area is 72.1 Å². The zero-order chi connectivity index (χ0) is 9.40. The molecule has 1 aromatic heterocycles. The fourth-order valence-electron chi connectivity index (χ4n) is 0.571. The lowest BCUT2D eigenvalue weighted by Crippen LogP contribution is -1.93. The van der Waals surface area contributed by atoms with Crippen molar-refractivity contribution in [3.8, 4) is 0 Å². The molecule has 66 valence electrons. The minimum absolute atomic E-state index is 0.00981. The van der Waals surface area contributed by atoms with Crippen LogP contribution in [0.4, 0.5) is 0 Å². The number of aromatic nitrogens is 1. The molecule has 1 heterocycles. The number of rotatable bonds is 1. The van der Waals surface area contributed by atoms with E-state index in [0.29, 0.717) is 5.69 Å². The lowest BCUT2D eigenvalue weighted by atomic mass is 10.3. The lowest BCUT2D eigenvalue weighted by molar-refractivity contribution is 0.101. The summed E-state index contributed by atoms with van der Waals surface area (Å²) in [7, 11) is 0. The van der Waals surface area contributed by atoms with Crippen LogP contribution in [0.15, 0.2) is 24.4 Å². The Morgan fingerprint density at radius 3 is 2.42 bits per heavy atom. The SMILES string of the molecule is CC(=O)c1ccccn1.CCO. The summed E-state index contributed by atoms with van der Waals surface area (Å²) >= 11 is 0. The molecule has 0 aliphatic rings. The largest absolute Gasteiger partial charge is 0.397 e. The van der Waals surface area contributed by atoms with Crippen molar-refractivity contribution in [3.05, 3.63) is 30.1 Å². The Hall–Kier alpha value is -1.22. The Kier molecular flexibility index (Phi) is 5.83. The molecule has 0 fully saturated rings. The summed E-state index contributed by atoms with van der Waals surface area (Å²) in [6, 6.07) is 5.28. The minimum Gasteiger partial charge on any atom is -0.397 e. The summed E-state index contributed by atoms with van der Waals surface area (Å²) in [5, 5.41) is 7.57. The number of aliphatic hydroxyl groups is 1. The van der Waals surface area contributed by atoms with Crippen LogP contribution >= 0.6 is 0 Å². The van der Waals surface area contributed by atoms with E-state index >= 15 is 0 Å². The second-order valence-electron chi connectivity index (χ2n) is 2.09. The Balaban J connectivity index is 0.000000354. The van der Waals surface area contributed by atoms with Gasteiger partial charge in [0.05, 0.1) is 0 Å². The highest BCUT2D eigenvalue weighted by molar-refractivity contribution is 5.91. The second kappa shape index (κ2) is 6.49. The highest BCUT2D eigenvalue weighted by Crippen LogP contribution is 1.92. The molecular formula is C9H13NO2. The molecule has 0 atom stereocenters. The van der Waals surface area contributed by atoms with Crippen molar-refractivity contribution in [2.24, 2.45) is 0 Å². The third-order valence-corrected chi connectivity index (χ3v) is 1.03. The molecule has 0 saturated heterocycles. The number of aliphatic hydroxyl groups excluding tert-OH is 1. The molecule has 0 aliphatic heterocycles. The standard InChI is InChI=1S/C7H7NO.C2H6O/c1-6(9)7-4-2-3-5-8-7;1-2-3/h2-5H,1H3;3H,2H2,1H3. The van der Waals surface area contributed by atoms with Gasteiger partial charge in [-0.1, -0.05) is 6.07 Å². The Morgan fingerprint density at radius 1 is 1.58 bits per heavy atom. The van der Waals surface area contributed by atoms with Crippen molar-refractivity contribution in [1.82, 2.24) is 4.98 Å². The number of Topliss-reactive ketones (excluding diaryl/α,β-unsaturated/α-hetero) is 1. The fraction of sp³-hybridized carbons (Fsp3) is 0.333. The molecule has 0 bridgehead atoms. The van der Waals surface area contributed by atoms with E-state index in [0.717, 1.165) is 0 Å². The van der Waals surface area contributed by atoms with Crippen molar-refractivity contribution in [1.29, 1.82) is 0 Å². The first kappa shape index (κ1) is 10.8. The van der Waals surface area contributed by atoms with Crippen molar-refractivity contribution in [2.45, 2.75) is 13.8 Å². The number of hydrogen-bond acceptors (Lipinski definition) is 3. The van der Waals surface area contributed by atoms with Crippen LogP contribution in [-0.4, -0.2) is 22.5 Å². The molecular weight excluding hydrogens is 154 g/mol. The molecule has 0 unspecified atom stereocenters. The van der Waals surface area contributed by atoms with Gasteiger partial charge in [-0.2, -0.15) is 0 Å². The van der Waals surface area contributed by atoms with E-state index in [1.807, 2.05) is 0 Å². The number of nitrogens with zero attached hydrogens (tertiary/aromatic N) is 1.